The second-order valence-corrected chi connectivity index (χ2v) is 6.21. The summed E-state index contributed by atoms with van der Waals surface area (Å²) < 4.78 is 5.72. The van der Waals surface area contributed by atoms with E-state index in [-0.39, 0.29) is 5.78 Å². The minimum Gasteiger partial charge on any atom is -0.491 e. The van der Waals surface area contributed by atoms with E-state index in [1.54, 1.807) is 11.3 Å². The Morgan fingerprint density at radius 3 is 2.95 bits per heavy atom. The van der Waals surface area contributed by atoms with Crippen molar-refractivity contribution in [3.8, 4) is 5.75 Å². The number of carbonyl (C=O) groups is 1. The maximum absolute atomic E-state index is 12.4. The zero-order valence-electron chi connectivity index (χ0n) is 11.5. The number of hydrogen-bond acceptors (Lipinski definition) is 4. The molecule has 0 fully saturated rings. The van der Waals surface area contributed by atoms with Gasteiger partial charge in [0.2, 0.25) is 0 Å². The third-order valence-corrected chi connectivity index (χ3v) is 4.43. The molecule has 0 saturated heterocycles. The Hall–Kier alpha value is -1.81. The number of ether oxygens (including phenoxy) is 1. The molecule has 2 heterocycles. The van der Waals surface area contributed by atoms with Crippen molar-refractivity contribution in [1.82, 2.24) is 0 Å². The van der Waals surface area contributed by atoms with E-state index in [1.807, 2.05) is 43.3 Å². The highest BCUT2D eigenvalue weighted by Crippen LogP contribution is 2.30. The van der Waals surface area contributed by atoms with Gasteiger partial charge in [-0.2, -0.15) is 0 Å². The summed E-state index contributed by atoms with van der Waals surface area (Å²) in [6.45, 7) is 4.00. The van der Waals surface area contributed by atoms with Crippen molar-refractivity contribution in [1.29, 1.82) is 0 Å². The highest BCUT2D eigenvalue weighted by atomic mass is 32.1. The van der Waals surface area contributed by atoms with Crippen LogP contribution >= 0.6 is 11.3 Å². The molecule has 1 aliphatic heterocycles. The van der Waals surface area contributed by atoms with E-state index in [9.17, 15) is 4.79 Å². The van der Waals surface area contributed by atoms with Gasteiger partial charge in [0.05, 0.1) is 23.7 Å². The number of Topliss-reactive ketones (excluding diaryl/α,β-unsaturated/α-hetero) is 1. The van der Waals surface area contributed by atoms with E-state index < -0.39 is 0 Å². The second kappa shape index (κ2) is 5.67. The Morgan fingerprint density at radius 1 is 1.30 bits per heavy atom. The first kappa shape index (κ1) is 13.2. The van der Waals surface area contributed by atoms with Gasteiger partial charge < -0.3 is 9.64 Å². The van der Waals surface area contributed by atoms with Crippen molar-refractivity contribution in [3.05, 3.63) is 46.2 Å². The van der Waals surface area contributed by atoms with Crippen molar-refractivity contribution in [3.63, 3.8) is 0 Å². The summed E-state index contributed by atoms with van der Waals surface area (Å²) in [5.74, 6) is 1.06. The first-order valence-electron chi connectivity index (χ1n) is 6.80. The van der Waals surface area contributed by atoms with Crippen LogP contribution in [0.2, 0.25) is 0 Å². The van der Waals surface area contributed by atoms with Gasteiger partial charge in [0.15, 0.2) is 5.78 Å². The van der Waals surface area contributed by atoms with Crippen LogP contribution < -0.4 is 9.64 Å². The van der Waals surface area contributed by atoms with Gasteiger partial charge in [-0.25, -0.2) is 0 Å². The van der Waals surface area contributed by atoms with Crippen LogP contribution in [0.5, 0.6) is 5.75 Å². The molecule has 2 aromatic rings. The molecule has 20 heavy (non-hydrogen) atoms. The number of anilines is 1. The van der Waals surface area contributed by atoms with Crippen LogP contribution in [0.3, 0.4) is 0 Å². The van der Waals surface area contributed by atoms with Gasteiger partial charge in [0, 0.05) is 11.4 Å². The van der Waals surface area contributed by atoms with Gasteiger partial charge in [-0.1, -0.05) is 12.1 Å². The summed E-state index contributed by atoms with van der Waals surface area (Å²) in [4.78, 5) is 16.5. The lowest BCUT2D eigenvalue weighted by atomic mass is 10.2. The smallest absolute Gasteiger partial charge is 0.191 e. The average Bonchev–Trinajstić information content (AvgIpc) is 2.79. The topological polar surface area (TPSA) is 29.5 Å². The molecule has 0 bridgehead atoms. The van der Waals surface area contributed by atoms with E-state index in [0.29, 0.717) is 13.2 Å². The van der Waals surface area contributed by atoms with Crippen LogP contribution in [0.15, 0.2) is 36.4 Å². The number of benzene rings is 1. The third-order valence-electron chi connectivity index (χ3n) is 3.39. The molecule has 0 spiro atoms. The standard InChI is InChI=1S/C16H17NO2S/c1-12-7-8-16(20-12)14(18)11-17-9-4-10-19-15-6-3-2-5-13(15)17/h2-3,5-8H,4,9-11H2,1H3. The maximum Gasteiger partial charge on any atom is 0.191 e. The number of aryl methyl sites for hydroxylation is 1. The molecule has 0 N–H and O–H groups in total. The quantitative estimate of drug-likeness (QED) is 0.809. The lowest BCUT2D eigenvalue weighted by Gasteiger charge is -2.22. The Kier molecular flexibility index (Phi) is 3.74. The van der Waals surface area contributed by atoms with Gasteiger partial charge >= 0.3 is 0 Å². The molecule has 1 aliphatic rings. The first-order valence-corrected chi connectivity index (χ1v) is 7.62. The lowest BCUT2D eigenvalue weighted by molar-refractivity contribution is 0.100. The Labute approximate surface area is 122 Å². The Balaban J connectivity index is 1.82. The molecular formula is C16H17NO2S. The summed E-state index contributed by atoms with van der Waals surface area (Å²) in [5.41, 5.74) is 1.02. The molecule has 3 rings (SSSR count). The molecule has 3 nitrogen and oxygen atoms in total. The molecule has 0 aliphatic carbocycles. The normalized spacial score (nSPS) is 14.3. The fourth-order valence-corrected chi connectivity index (χ4v) is 3.20. The predicted octanol–water partition coefficient (Wildman–Crippen LogP) is 3.53. The number of rotatable bonds is 3. The van der Waals surface area contributed by atoms with E-state index in [2.05, 4.69) is 4.90 Å². The van der Waals surface area contributed by atoms with Gasteiger partial charge in [-0.05, 0) is 37.6 Å². The van der Waals surface area contributed by atoms with Gasteiger partial charge in [-0.15, -0.1) is 11.3 Å². The molecule has 0 radical (unpaired) electrons. The summed E-state index contributed by atoms with van der Waals surface area (Å²) in [5, 5.41) is 0. The summed E-state index contributed by atoms with van der Waals surface area (Å²) in [6, 6.07) is 11.9. The maximum atomic E-state index is 12.4. The molecule has 1 aromatic carbocycles. The monoisotopic (exact) mass is 287 g/mol. The largest absolute Gasteiger partial charge is 0.491 e. The minimum atomic E-state index is 0.180. The minimum absolute atomic E-state index is 0.180. The summed E-state index contributed by atoms with van der Waals surface area (Å²) in [6.07, 6.45) is 0.936. The van der Waals surface area contributed by atoms with E-state index >= 15 is 0 Å². The molecule has 4 heteroatoms. The van der Waals surface area contributed by atoms with Crippen molar-refractivity contribution < 1.29 is 9.53 Å². The van der Waals surface area contributed by atoms with Crippen LogP contribution in [0.4, 0.5) is 5.69 Å². The molecule has 0 saturated carbocycles. The van der Waals surface area contributed by atoms with E-state index in [1.165, 1.54) is 4.88 Å². The van der Waals surface area contributed by atoms with Crippen LogP contribution in [0.25, 0.3) is 0 Å². The van der Waals surface area contributed by atoms with Crippen molar-refractivity contribution in [2.75, 3.05) is 24.6 Å². The number of fused-ring (bicyclic) bond motifs is 1. The van der Waals surface area contributed by atoms with Gasteiger partial charge in [-0.3, -0.25) is 4.79 Å². The van der Waals surface area contributed by atoms with Gasteiger partial charge in [0.25, 0.3) is 0 Å². The second-order valence-electron chi connectivity index (χ2n) is 4.92. The zero-order valence-corrected chi connectivity index (χ0v) is 12.3. The number of thiophene rings is 1. The number of nitrogens with zero attached hydrogens (tertiary/aromatic N) is 1. The highest BCUT2D eigenvalue weighted by Gasteiger charge is 2.19. The van der Waals surface area contributed by atoms with Crippen molar-refractivity contribution >= 4 is 22.8 Å². The van der Waals surface area contributed by atoms with E-state index in [4.69, 9.17) is 4.74 Å². The van der Waals surface area contributed by atoms with Crippen LogP contribution in [0, 0.1) is 6.92 Å². The van der Waals surface area contributed by atoms with Crippen LogP contribution in [-0.2, 0) is 0 Å². The highest BCUT2D eigenvalue weighted by molar-refractivity contribution is 7.14. The number of carbonyl (C=O) groups excluding carboxylic acids is 1. The zero-order chi connectivity index (χ0) is 13.9. The van der Waals surface area contributed by atoms with Gasteiger partial charge in [0.1, 0.15) is 5.75 Å². The number of ketones is 1. The molecule has 104 valence electrons. The van der Waals surface area contributed by atoms with Crippen molar-refractivity contribution in [2.45, 2.75) is 13.3 Å². The molecular weight excluding hydrogens is 270 g/mol. The van der Waals surface area contributed by atoms with Crippen LogP contribution in [-0.4, -0.2) is 25.5 Å². The molecule has 1 aromatic heterocycles. The summed E-state index contributed by atoms with van der Waals surface area (Å²) in [7, 11) is 0. The Morgan fingerprint density at radius 2 is 2.15 bits per heavy atom. The SMILES string of the molecule is Cc1ccc(C(=O)CN2CCCOc3ccccc32)s1. The van der Waals surface area contributed by atoms with Crippen molar-refractivity contribution in [2.24, 2.45) is 0 Å². The molecule has 0 atom stereocenters. The third kappa shape index (κ3) is 2.70. The summed E-state index contributed by atoms with van der Waals surface area (Å²) >= 11 is 1.56. The predicted molar refractivity (Wildman–Crippen MR) is 82.2 cm³/mol. The number of para-hydroxylation sites is 2. The first-order chi connectivity index (χ1) is 9.74. The van der Waals surface area contributed by atoms with Crippen LogP contribution in [0.1, 0.15) is 21.0 Å². The lowest BCUT2D eigenvalue weighted by Crippen LogP contribution is -2.30. The number of hydrogen-bond donors (Lipinski definition) is 0. The van der Waals surface area contributed by atoms with E-state index in [0.717, 1.165) is 29.3 Å². The fourth-order valence-electron chi connectivity index (χ4n) is 2.40. The molecule has 0 amide bonds. The Bertz CT molecular complexity index is 620. The fraction of sp³-hybridized carbons (Fsp3) is 0.312. The molecule has 0 unspecified atom stereocenters. The average molecular weight is 287 g/mol.